The van der Waals surface area contributed by atoms with Crippen LogP contribution < -0.4 is 33.6 Å². The number of aromatic nitrogens is 3. The molecule has 0 spiro atoms. The molecule has 1 aromatic heterocycles. The summed E-state index contributed by atoms with van der Waals surface area (Å²) in [6.45, 7) is -1.41. The SMILES string of the molecule is O=C(OCCN(CCOC(=O)Oc1ccc([N+](=O)[O-])cc1)c1nc(N(CCOC(=O)Oc2ccc([N+](=O)[O-])cc2)CCOC(=O)Oc2ccc([N+](=O)[O-])cc2)nc(N2CCN(C(c3ccccc3)(c3ccccc3)c3ccccc3)CC2)n1)Oc1ccc([N+](=O)[O-])cc1. The van der Waals surface area contributed by atoms with E-state index in [2.05, 4.69) is 41.3 Å². The van der Waals surface area contributed by atoms with E-state index in [0.29, 0.717) is 26.2 Å². The Kier molecular flexibility index (Phi) is 21.8. The number of hydrogen-bond acceptors (Lipinski definition) is 27. The van der Waals surface area contributed by atoms with Crippen LogP contribution in [0.25, 0.3) is 0 Å². The Morgan fingerprint density at radius 2 is 0.634 bits per heavy atom. The molecule has 0 radical (unpaired) electrons. The third-order valence-corrected chi connectivity index (χ3v) is 14.1. The summed E-state index contributed by atoms with van der Waals surface area (Å²) in [7, 11) is 0. The molecule has 0 saturated carbocycles. The second-order valence-electron chi connectivity index (χ2n) is 19.8. The van der Waals surface area contributed by atoms with Crippen molar-refractivity contribution in [1.82, 2.24) is 19.9 Å². The van der Waals surface area contributed by atoms with Crippen LogP contribution >= 0.6 is 0 Å². The minimum atomic E-state index is -1.20. The van der Waals surface area contributed by atoms with Crippen LogP contribution in [0, 0.1) is 40.5 Å². The van der Waals surface area contributed by atoms with Gasteiger partial charge in [-0.3, -0.25) is 45.4 Å². The summed E-state index contributed by atoms with van der Waals surface area (Å²) in [6.07, 6.45) is -4.82. The van der Waals surface area contributed by atoms with Crippen molar-refractivity contribution in [2.45, 2.75) is 5.54 Å². The van der Waals surface area contributed by atoms with Crippen molar-refractivity contribution in [2.75, 3.05) is 93.5 Å². The molecule has 0 atom stereocenters. The molecule has 478 valence electrons. The summed E-state index contributed by atoms with van der Waals surface area (Å²) in [5, 5.41) is 45.1. The number of nitro groups is 4. The molecule has 31 heteroatoms. The molecule has 0 unspecified atom stereocenters. The summed E-state index contributed by atoms with van der Waals surface area (Å²) in [5.41, 5.74) is 1.16. The highest BCUT2D eigenvalue weighted by Gasteiger charge is 2.43. The van der Waals surface area contributed by atoms with E-state index in [9.17, 15) is 59.6 Å². The van der Waals surface area contributed by atoms with Crippen molar-refractivity contribution >= 4 is 65.2 Å². The fourth-order valence-electron chi connectivity index (χ4n) is 9.72. The van der Waals surface area contributed by atoms with Gasteiger partial charge in [-0.1, -0.05) is 91.0 Å². The van der Waals surface area contributed by atoms with E-state index in [1.807, 2.05) is 59.5 Å². The summed E-state index contributed by atoms with van der Waals surface area (Å²) in [5.74, 6) is -0.448. The lowest BCUT2D eigenvalue weighted by Gasteiger charge is -2.49. The predicted octanol–water partition coefficient (Wildman–Crippen LogP) is 10.1. The van der Waals surface area contributed by atoms with Gasteiger partial charge in [0.2, 0.25) is 17.8 Å². The van der Waals surface area contributed by atoms with Crippen molar-refractivity contribution < 1.29 is 76.8 Å². The van der Waals surface area contributed by atoms with Gasteiger partial charge in [0, 0.05) is 74.7 Å². The molecule has 1 saturated heterocycles. The molecule has 0 aliphatic carbocycles. The topological polar surface area (TPSA) is 366 Å². The van der Waals surface area contributed by atoms with Crippen molar-refractivity contribution in [3.8, 4) is 23.0 Å². The van der Waals surface area contributed by atoms with Gasteiger partial charge in [0.15, 0.2) is 0 Å². The van der Waals surface area contributed by atoms with E-state index in [-0.39, 0.29) is 89.8 Å². The molecule has 0 bridgehead atoms. The third-order valence-electron chi connectivity index (χ3n) is 14.1. The van der Waals surface area contributed by atoms with Crippen molar-refractivity contribution in [1.29, 1.82) is 0 Å². The van der Waals surface area contributed by atoms with Gasteiger partial charge in [-0.25, -0.2) is 19.2 Å². The second-order valence-corrected chi connectivity index (χ2v) is 19.8. The van der Waals surface area contributed by atoms with Gasteiger partial charge in [-0.05, 0) is 65.2 Å². The highest BCUT2D eigenvalue weighted by Crippen LogP contribution is 2.43. The molecule has 8 aromatic rings. The van der Waals surface area contributed by atoms with Crippen LogP contribution in [-0.4, -0.2) is 143 Å². The molecule has 0 amide bonds. The standard InChI is InChI=1S/C62H55N11O20/c74-58(90-51-24-16-47(17-25-51)70(78)79)86-40-36-67(37-41-87-59(75)91-52-26-18-48(19-27-52)71(80)81)56-63-55(66-32-34-69(35-33-66)62(44-10-4-1-5-11-44,45-12-6-2-7-13-45)46-14-8-3-9-15-46)64-57(65-56)68(38-42-88-60(76)92-53-28-20-49(21-29-53)72(82)83)39-43-89-61(77)93-54-30-22-50(23-31-54)73(84)85/h1-31H,32-43H2. The fourth-order valence-corrected chi connectivity index (χ4v) is 9.72. The van der Waals surface area contributed by atoms with Gasteiger partial charge in [-0.15, -0.1) is 0 Å². The minimum absolute atomic E-state index is 0.0740. The van der Waals surface area contributed by atoms with Crippen LogP contribution in [0.5, 0.6) is 23.0 Å². The minimum Gasteiger partial charge on any atom is -0.432 e. The number of anilines is 3. The zero-order chi connectivity index (χ0) is 65.7. The maximum Gasteiger partial charge on any atom is 0.513 e. The molecule has 1 aliphatic rings. The Bertz CT molecular complexity index is 3460. The Hall–Kier alpha value is -12.4. The van der Waals surface area contributed by atoms with E-state index in [1.54, 1.807) is 0 Å². The molecule has 93 heavy (non-hydrogen) atoms. The molecule has 31 nitrogen and oxygen atoms in total. The van der Waals surface area contributed by atoms with Gasteiger partial charge >= 0.3 is 24.6 Å². The number of nitrogens with zero attached hydrogens (tertiary/aromatic N) is 11. The first kappa shape index (κ1) is 65.0. The summed E-state index contributed by atoms with van der Waals surface area (Å²) < 4.78 is 42.9. The number of carbonyl (C=O) groups is 4. The average Bonchev–Trinajstić information content (AvgIpc) is 0.749. The lowest BCUT2D eigenvalue weighted by molar-refractivity contribution is -0.385. The number of piperazine rings is 1. The first-order valence-electron chi connectivity index (χ1n) is 28.3. The Morgan fingerprint density at radius 3 is 0.882 bits per heavy atom. The first-order valence-corrected chi connectivity index (χ1v) is 28.3. The molecule has 1 aliphatic heterocycles. The van der Waals surface area contributed by atoms with E-state index in [0.717, 1.165) is 65.2 Å². The molecule has 1 fully saturated rings. The van der Waals surface area contributed by atoms with E-state index >= 15 is 0 Å². The monoisotopic (exact) mass is 1270 g/mol. The number of benzene rings is 7. The number of rotatable bonds is 27. The van der Waals surface area contributed by atoms with Gasteiger partial charge in [0.05, 0.1) is 51.4 Å². The number of nitro benzene ring substituents is 4. The number of carbonyl (C=O) groups excluding carboxylic acids is 4. The van der Waals surface area contributed by atoms with Crippen molar-refractivity contribution in [3.05, 3.63) is 245 Å². The van der Waals surface area contributed by atoms with E-state index < -0.39 is 76.3 Å². The van der Waals surface area contributed by atoms with Gasteiger partial charge in [-0.2, -0.15) is 15.0 Å². The van der Waals surface area contributed by atoms with Crippen LogP contribution in [0.1, 0.15) is 16.7 Å². The van der Waals surface area contributed by atoms with Crippen LogP contribution in [0.3, 0.4) is 0 Å². The molecular weight excluding hydrogens is 1220 g/mol. The Labute approximate surface area is 527 Å². The second kappa shape index (κ2) is 31.2. The van der Waals surface area contributed by atoms with Crippen LogP contribution in [0.2, 0.25) is 0 Å². The van der Waals surface area contributed by atoms with Gasteiger partial charge in [0.25, 0.3) is 22.7 Å². The van der Waals surface area contributed by atoms with Gasteiger partial charge in [0.1, 0.15) is 49.4 Å². The quantitative estimate of drug-likeness (QED) is 0.0115. The van der Waals surface area contributed by atoms with Crippen LogP contribution in [0.4, 0.5) is 59.8 Å². The van der Waals surface area contributed by atoms with Crippen molar-refractivity contribution in [2.24, 2.45) is 0 Å². The fraction of sp³-hybridized carbons (Fsp3) is 0.210. The molecule has 2 heterocycles. The zero-order valence-electron chi connectivity index (χ0n) is 49.0. The van der Waals surface area contributed by atoms with Crippen LogP contribution in [0.15, 0.2) is 188 Å². The third kappa shape index (κ3) is 17.5. The van der Waals surface area contributed by atoms with Crippen molar-refractivity contribution in [3.63, 3.8) is 0 Å². The Balaban J connectivity index is 1.05. The van der Waals surface area contributed by atoms with E-state index in [4.69, 9.17) is 52.8 Å². The number of hydrogen-bond donors (Lipinski definition) is 0. The largest absolute Gasteiger partial charge is 0.513 e. The molecule has 9 rings (SSSR count). The lowest BCUT2D eigenvalue weighted by atomic mass is 9.75. The number of ether oxygens (including phenoxy) is 8. The Morgan fingerprint density at radius 1 is 0.376 bits per heavy atom. The number of non-ortho nitro benzene ring substituents is 4. The maximum atomic E-state index is 13.1. The predicted molar refractivity (Wildman–Crippen MR) is 328 cm³/mol. The highest BCUT2D eigenvalue weighted by atomic mass is 16.7. The van der Waals surface area contributed by atoms with Gasteiger partial charge < -0.3 is 52.6 Å². The molecule has 0 N–H and O–H groups in total. The summed E-state index contributed by atoms with van der Waals surface area (Å²) >= 11 is 0. The average molecular weight is 1270 g/mol. The van der Waals surface area contributed by atoms with Crippen LogP contribution in [-0.2, 0) is 24.5 Å². The first-order chi connectivity index (χ1) is 45.0. The van der Waals surface area contributed by atoms with E-state index in [1.165, 1.54) is 58.3 Å². The molecule has 7 aromatic carbocycles. The zero-order valence-corrected chi connectivity index (χ0v) is 49.0. The lowest BCUT2D eigenvalue weighted by Crippen LogP contribution is -2.57. The highest BCUT2D eigenvalue weighted by molar-refractivity contribution is 5.66. The molecular formula is C62H55N11O20. The smallest absolute Gasteiger partial charge is 0.432 e. The summed E-state index contributed by atoms with van der Waals surface area (Å²) in [4.78, 5) is 117. The summed E-state index contributed by atoms with van der Waals surface area (Å²) in [6, 6.07) is 48.8. The maximum absolute atomic E-state index is 13.1. The normalized spacial score (nSPS) is 12.1.